The van der Waals surface area contributed by atoms with Gasteiger partial charge in [0.15, 0.2) is 0 Å². The van der Waals surface area contributed by atoms with E-state index in [1.54, 1.807) is 0 Å². The molecule has 2 heterocycles. The molecule has 1 unspecified atom stereocenters. The Morgan fingerprint density at radius 2 is 2.00 bits per heavy atom. The molecule has 2 rings (SSSR count). The number of rotatable bonds is 5. The van der Waals surface area contributed by atoms with Crippen LogP contribution in [0.5, 0.6) is 0 Å². The minimum absolute atomic E-state index is 0.735. The largest absolute Gasteiger partial charge is 0.382 e. The highest BCUT2D eigenvalue weighted by molar-refractivity contribution is 5.06. The molecule has 4 nitrogen and oxygen atoms in total. The second-order valence-electron chi connectivity index (χ2n) is 5.67. The number of hydrogen-bond acceptors (Lipinski definition) is 3. The summed E-state index contributed by atoms with van der Waals surface area (Å²) in [5.41, 5.74) is -0.735. The monoisotopic (exact) mass is 265 g/mol. The molecule has 1 aromatic rings. The molecule has 1 fully saturated rings. The van der Waals surface area contributed by atoms with Gasteiger partial charge in [-0.1, -0.05) is 13.8 Å². The molecular formula is C15H27N3O. The minimum atomic E-state index is -0.735. The molecule has 0 amide bonds. The average molecular weight is 265 g/mol. The van der Waals surface area contributed by atoms with Crippen molar-refractivity contribution in [3.05, 3.63) is 18.2 Å². The van der Waals surface area contributed by atoms with E-state index in [-0.39, 0.29) is 0 Å². The van der Waals surface area contributed by atoms with Gasteiger partial charge >= 0.3 is 0 Å². The van der Waals surface area contributed by atoms with Gasteiger partial charge in [0.25, 0.3) is 0 Å². The van der Waals surface area contributed by atoms with Crippen LogP contribution in [-0.4, -0.2) is 39.2 Å². The van der Waals surface area contributed by atoms with Crippen LogP contribution in [0.3, 0.4) is 0 Å². The number of aromatic nitrogens is 2. The van der Waals surface area contributed by atoms with Crippen molar-refractivity contribution in [3.63, 3.8) is 0 Å². The van der Waals surface area contributed by atoms with Crippen LogP contribution in [0, 0.1) is 0 Å². The zero-order chi connectivity index (χ0) is 13.7. The summed E-state index contributed by atoms with van der Waals surface area (Å²) in [6.07, 6.45) is 8.74. The van der Waals surface area contributed by atoms with Gasteiger partial charge in [-0.2, -0.15) is 0 Å². The third kappa shape index (κ3) is 3.37. The fourth-order valence-corrected chi connectivity index (χ4v) is 3.08. The van der Waals surface area contributed by atoms with Crippen LogP contribution in [0.4, 0.5) is 0 Å². The van der Waals surface area contributed by atoms with Crippen molar-refractivity contribution >= 4 is 0 Å². The standard InChI is InChI=1S/C15H27N3O/c1-3-9-17-11-5-6-15(19,7-12-17)14-16-8-13-18(14)10-4-2/h8,13,19H,3-7,9-12H2,1-2H3. The number of imidazole rings is 1. The van der Waals surface area contributed by atoms with Crippen molar-refractivity contribution in [3.8, 4) is 0 Å². The van der Waals surface area contributed by atoms with E-state index >= 15 is 0 Å². The SMILES string of the molecule is CCCN1CCCC(O)(c2nccn2CCC)CC1. The molecule has 1 aromatic heterocycles. The first kappa shape index (κ1) is 14.5. The molecule has 0 aliphatic carbocycles. The predicted molar refractivity (Wildman–Crippen MR) is 77.0 cm³/mol. The highest BCUT2D eigenvalue weighted by atomic mass is 16.3. The third-order valence-electron chi connectivity index (χ3n) is 4.04. The maximum Gasteiger partial charge on any atom is 0.140 e. The lowest BCUT2D eigenvalue weighted by atomic mass is 9.94. The summed E-state index contributed by atoms with van der Waals surface area (Å²) in [6, 6.07) is 0. The Morgan fingerprint density at radius 3 is 2.74 bits per heavy atom. The molecule has 1 saturated heterocycles. The molecule has 1 N–H and O–H groups in total. The van der Waals surface area contributed by atoms with E-state index in [9.17, 15) is 5.11 Å². The van der Waals surface area contributed by atoms with Crippen LogP contribution in [0.1, 0.15) is 51.8 Å². The number of aryl methyl sites for hydroxylation is 1. The van der Waals surface area contributed by atoms with Crippen molar-refractivity contribution in [2.45, 2.75) is 58.1 Å². The predicted octanol–water partition coefficient (Wildman–Crippen LogP) is 2.38. The lowest BCUT2D eigenvalue weighted by Gasteiger charge is -2.27. The van der Waals surface area contributed by atoms with Crippen molar-refractivity contribution in [2.75, 3.05) is 19.6 Å². The van der Waals surface area contributed by atoms with Crippen LogP contribution in [0.2, 0.25) is 0 Å². The molecule has 0 aromatic carbocycles. The topological polar surface area (TPSA) is 41.3 Å². The van der Waals surface area contributed by atoms with Gasteiger partial charge < -0.3 is 14.6 Å². The maximum atomic E-state index is 11.0. The Kier molecular flexibility index (Phi) is 4.99. The van der Waals surface area contributed by atoms with E-state index in [4.69, 9.17) is 0 Å². The molecule has 1 aliphatic rings. The maximum absolute atomic E-state index is 11.0. The second-order valence-corrected chi connectivity index (χ2v) is 5.67. The Bertz CT molecular complexity index is 390. The van der Waals surface area contributed by atoms with Crippen LogP contribution in [-0.2, 0) is 12.1 Å². The second kappa shape index (κ2) is 6.53. The van der Waals surface area contributed by atoms with Gasteiger partial charge in [0.1, 0.15) is 11.4 Å². The Labute approximate surface area is 116 Å². The van der Waals surface area contributed by atoms with Gasteiger partial charge in [-0.15, -0.1) is 0 Å². The van der Waals surface area contributed by atoms with E-state index in [2.05, 4.69) is 28.3 Å². The van der Waals surface area contributed by atoms with Gasteiger partial charge in [0.2, 0.25) is 0 Å². The Hall–Kier alpha value is -0.870. The molecule has 1 aliphatic heterocycles. The van der Waals surface area contributed by atoms with E-state index in [1.807, 2.05) is 12.4 Å². The highest BCUT2D eigenvalue weighted by Crippen LogP contribution is 2.31. The number of likely N-dealkylation sites (tertiary alicyclic amines) is 1. The first-order valence-electron chi connectivity index (χ1n) is 7.66. The van der Waals surface area contributed by atoms with Crippen LogP contribution in [0.15, 0.2) is 12.4 Å². The van der Waals surface area contributed by atoms with Crippen LogP contribution < -0.4 is 0 Å². The number of nitrogens with zero attached hydrogens (tertiary/aromatic N) is 3. The molecule has 108 valence electrons. The van der Waals surface area contributed by atoms with Gasteiger partial charge in [-0.25, -0.2) is 4.98 Å². The fourth-order valence-electron chi connectivity index (χ4n) is 3.08. The van der Waals surface area contributed by atoms with Gasteiger partial charge in [-0.05, 0) is 45.2 Å². The summed E-state index contributed by atoms with van der Waals surface area (Å²) in [5.74, 6) is 0.868. The zero-order valence-electron chi connectivity index (χ0n) is 12.3. The summed E-state index contributed by atoms with van der Waals surface area (Å²) in [7, 11) is 0. The van der Waals surface area contributed by atoms with E-state index in [0.717, 1.165) is 57.7 Å². The van der Waals surface area contributed by atoms with Gasteiger partial charge in [-0.3, -0.25) is 0 Å². The zero-order valence-corrected chi connectivity index (χ0v) is 12.3. The lowest BCUT2D eigenvalue weighted by Crippen LogP contribution is -2.32. The smallest absolute Gasteiger partial charge is 0.140 e. The molecule has 0 spiro atoms. The average Bonchev–Trinajstić information content (AvgIpc) is 2.77. The first-order chi connectivity index (χ1) is 9.19. The molecule has 19 heavy (non-hydrogen) atoms. The summed E-state index contributed by atoms with van der Waals surface area (Å²) in [5, 5.41) is 11.0. The number of aliphatic hydroxyl groups is 1. The van der Waals surface area contributed by atoms with Gasteiger partial charge in [0.05, 0.1) is 0 Å². The number of hydrogen-bond donors (Lipinski definition) is 1. The Morgan fingerprint density at radius 1 is 1.21 bits per heavy atom. The molecule has 1 atom stereocenters. The van der Waals surface area contributed by atoms with Crippen LogP contribution in [0.25, 0.3) is 0 Å². The summed E-state index contributed by atoms with van der Waals surface area (Å²) in [4.78, 5) is 6.90. The summed E-state index contributed by atoms with van der Waals surface area (Å²) >= 11 is 0. The summed E-state index contributed by atoms with van der Waals surface area (Å²) < 4.78 is 2.12. The van der Waals surface area contributed by atoms with E-state index < -0.39 is 5.60 Å². The van der Waals surface area contributed by atoms with E-state index in [1.165, 1.54) is 6.42 Å². The lowest BCUT2D eigenvalue weighted by molar-refractivity contribution is 0.00902. The minimum Gasteiger partial charge on any atom is -0.382 e. The van der Waals surface area contributed by atoms with Crippen molar-refractivity contribution in [1.82, 2.24) is 14.5 Å². The highest BCUT2D eigenvalue weighted by Gasteiger charge is 2.35. The van der Waals surface area contributed by atoms with Crippen molar-refractivity contribution < 1.29 is 5.11 Å². The quantitative estimate of drug-likeness (QED) is 0.888. The van der Waals surface area contributed by atoms with Crippen molar-refractivity contribution in [1.29, 1.82) is 0 Å². The molecule has 0 saturated carbocycles. The third-order valence-corrected chi connectivity index (χ3v) is 4.04. The molecule has 4 heteroatoms. The van der Waals surface area contributed by atoms with Crippen molar-refractivity contribution in [2.24, 2.45) is 0 Å². The molecule has 0 bridgehead atoms. The normalized spacial score (nSPS) is 25.4. The summed E-state index contributed by atoms with van der Waals surface area (Å²) in [6.45, 7) is 8.53. The first-order valence-corrected chi connectivity index (χ1v) is 7.66. The van der Waals surface area contributed by atoms with E-state index in [0.29, 0.717) is 0 Å². The van der Waals surface area contributed by atoms with Crippen LogP contribution >= 0.6 is 0 Å². The fraction of sp³-hybridized carbons (Fsp3) is 0.800. The van der Waals surface area contributed by atoms with Gasteiger partial charge in [0, 0.05) is 25.5 Å². The Balaban J connectivity index is 2.11. The molecule has 0 radical (unpaired) electrons. The molecular weight excluding hydrogens is 238 g/mol.